The number of hydrogen-bond acceptors (Lipinski definition) is 2. The van der Waals surface area contributed by atoms with E-state index in [1.54, 1.807) is 0 Å². The van der Waals surface area contributed by atoms with Crippen LogP contribution in [-0.4, -0.2) is 12.6 Å². The molecule has 2 nitrogen and oxygen atoms in total. The van der Waals surface area contributed by atoms with Crippen molar-refractivity contribution in [3.8, 4) is 5.75 Å². The lowest BCUT2D eigenvalue weighted by molar-refractivity contribution is -0.137. The Morgan fingerprint density at radius 1 is 1.00 bits per heavy atom. The van der Waals surface area contributed by atoms with Crippen molar-refractivity contribution in [3.63, 3.8) is 0 Å². The lowest BCUT2D eigenvalue weighted by atomic mass is 10.2. The quantitative estimate of drug-likeness (QED) is 0.871. The van der Waals surface area contributed by atoms with E-state index in [0.717, 1.165) is 17.8 Å². The Kier molecular flexibility index (Phi) is 4.73. The Balaban J connectivity index is 1.86. The van der Waals surface area contributed by atoms with E-state index in [-0.39, 0.29) is 6.10 Å². The third-order valence-corrected chi connectivity index (χ3v) is 2.89. The minimum absolute atomic E-state index is 0.165. The van der Waals surface area contributed by atoms with Crippen LogP contribution in [0.15, 0.2) is 54.6 Å². The molecule has 0 aliphatic carbocycles. The highest BCUT2D eigenvalue weighted by molar-refractivity contribution is 5.42. The number of hydrogen-bond donors (Lipinski definition) is 1. The van der Waals surface area contributed by atoms with Gasteiger partial charge in [-0.3, -0.25) is 0 Å². The molecule has 1 atom stereocenters. The predicted octanol–water partition coefficient (Wildman–Crippen LogP) is 4.58. The SMILES string of the molecule is CC(CNc1ccccc1)Oc1ccc(C(F)(F)F)cc1. The fraction of sp³-hybridized carbons (Fsp3) is 0.250. The normalized spacial score (nSPS) is 12.8. The van der Waals surface area contributed by atoms with Crippen LogP contribution >= 0.6 is 0 Å². The van der Waals surface area contributed by atoms with Gasteiger partial charge in [-0.15, -0.1) is 0 Å². The van der Waals surface area contributed by atoms with Crippen molar-refractivity contribution in [2.45, 2.75) is 19.2 Å². The van der Waals surface area contributed by atoms with Crippen LogP contribution in [0.25, 0.3) is 0 Å². The first-order chi connectivity index (χ1) is 9.95. The van der Waals surface area contributed by atoms with Crippen molar-refractivity contribution in [1.29, 1.82) is 0 Å². The van der Waals surface area contributed by atoms with Crippen LogP contribution in [0.4, 0.5) is 18.9 Å². The second kappa shape index (κ2) is 6.52. The van der Waals surface area contributed by atoms with Gasteiger partial charge < -0.3 is 10.1 Å². The first kappa shape index (κ1) is 15.2. The average Bonchev–Trinajstić information content (AvgIpc) is 2.46. The van der Waals surface area contributed by atoms with Gasteiger partial charge in [-0.25, -0.2) is 0 Å². The molecule has 2 aromatic rings. The van der Waals surface area contributed by atoms with Crippen LogP contribution < -0.4 is 10.1 Å². The number of ether oxygens (including phenoxy) is 1. The van der Waals surface area contributed by atoms with Crippen molar-refractivity contribution in [3.05, 3.63) is 60.2 Å². The molecule has 2 rings (SSSR count). The standard InChI is InChI=1S/C16H16F3NO/c1-12(11-20-14-5-3-2-4-6-14)21-15-9-7-13(8-10-15)16(17,18)19/h2-10,12,20H,11H2,1H3. The molecule has 0 saturated heterocycles. The minimum Gasteiger partial charge on any atom is -0.489 e. The summed E-state index contributed by atoms with van der Waals surface area (Å²) in [4.78, 5) is 0. The van der Waals surface area contributed by atoms with E-state index >= 15 is 0 Å². The molecule has 0 fully saturated rings. The number of halogens is 3. The summed E-state index contributed by atoms with van der Waals surface area (Å²) in [6.45, 7) is 2.42. The van der Waals surface area contributed by atoms with Crippen molar-refractivity contribution >= 4 is 5.69 Å². The van der Waals surface area contributed by atoms with Gasteiger partial charge in [0.15, 0.2) is 0 Å². The first-order valence-electron chi connectivity index (χ1n) is 6.58. The Morgan fingerprint density at radius 2 is 1.62 bits per heavy atom. The molecule has 0 bridgehead atoms. The summed E-state index contributed by atoms with van der Waals surface area (Å²) in [7, 11) is 0. The number of benzene rings is 2. The van der Waals surface area contributed by atoms with Crippen molar-refractivity contribution in [2.24, 2.45) is 0 Å². The summed E-state index contributed by atoms with van der Waals surface area (Å²) in [6, 6.07) is 14.3. The average molecular weight is 295 g/mol. The molecule has 5 heteroatoms. The summed E-state index contributed by atoms with van der Waals surface area (Å²) >= 11 is 0. The molecule has 0 radical (unpaired) electrons. The maximum atomic E-state index is 12.4. The van der Waals surface area contributed by atoms with Crippen molar-refractivity contribution in [1.82, 2.24) is 0 Å². The van der Waals surface area contributed by atoms with Gasteiger partial charge in [0.1, 0.15) is 11.9 Å². The molecule has 1 N–H and O–H groups in total. The molecular weight excluding hydrogens is 279 g/mol. The molecule has 0 aliphatic rings. The topological polar surface area (TPSA) is 21.3 Å². The molecule has 112 valence electrons. The van der Waals surface area contributed by atoms with Crippen molar-refractivity contribution < 1.29 is 17.9 Å². The van der Waals surface area contributed by atoms with Crippen molar-refractivity contribution in [2.75, 3.05) is 11.9 Å². The molecule has 0 amide bonds. The maximum Gasteiger partial charge on any atom is 0.416 e. The largest absolute Gasteiger partial charge is 0.489 e. The van der Waals surface area contributed by atoms with Crippen LogP contribution in [0, 0.1) is 0 Å². The highest BCUT2D eigenvalue weighted by Crippen LogP contribution is 2.30. The molecule has 0 heterocycles. The lowest BCUT2D eigenvalue weighted by Gasteiger charge is -2.16. The molecule has 0 spiro atoms. The fourth-order valence-corrected chi connectivity index (χ4v) is 1.81. The monoisotopic (exact) mass is 295 g/mol. The van der Waals surface area contributed by atoms with E-state index in [4.69, 9.17) is 4.74 Å². The van der Waals surface area contributed by atoms with Crippen LogP contribution in [-0.2, 0) is 6.18 Å². The molecule has 21 heavy (non-hydrogen) atoms. The number of para-hydroxylation sites is 1. The third kappa shape index (κ3) is 4.70. The van der Waals surface area contributed by atoms with Gasteiger partial charge in [-0.05, 0) is 43.3 Å². The smallest absolute Gasteiger partial charge is 0.416 e. The second-order valence-corrected chi connectivity index (χ2v) is 4.70. The first-order valence-corrected chi connectivity index (χ1v) is 6.58. The van der Waals surface area contributed by atoms with Gasteiger partial charge in [-0.1, -0.05) is 18.2 Å². The Bertz CT molecular complexity index is 552. The summed E-state index contributed by atoms with van der Waals surface area (Å²) < 4.78 is 42.9. The van der Waals surface area contributed by atoms with E-state index in [9.17, 15) is 13.2 Å². The van der Waals surface area contributed by atoms with Crippen LogP contribution in [0.1, 0.15) is 12.5 Å². The predicted molar refractivity (Wildman–Crippen MR) is 76.5 cm³/mol. The maximum absolute atomic E-state index is 12.4. The van der Waals surface area contributed by atoms with Gasteiger partial charge in [0.05, 0.1) is 12.1 Å². The second-order valence-electron chi connectivity index (χ2n) is 4.70. The van der Waals surface area contributed by atoms with E-state index < -0.39 is 11.7 Å². The van der Waals surface area contributed by atoms with E-state index in [2.05, 4.69) is 5.32 Å². The van der Waals surface area contributed by atoms with Crippen LogP contribution in [0.2, 0.25) is 0 Å². The number of alkyl halides is 3. The Hall–Kier alpha value is -2.17. The van der Waals surface area contributed by atoms with Gasteiger partial charge in [0.25, 0.3) is 0 Å². The number of anilines is 1. The Labute approximate surface area is 121 Å². The van der Waals surface area contributed by atoms with Gasteiger partial charge in [-0.2, -0.15) is 13.2 Å². The summed E-state index contributed by atoms with van der Waals surface area (Å²) in [5, 5.41) is 3.20. The third-order valence-electron chi connectivity index (χ3n) is 2.89. The summed E-state index contributed by atoms with van der Waals surface area (Å²) in [5.74, 6) is 0.422. The lowest BCUT2D eigenvalue weighted by Crippen LogP contribution is -2.22. The van der Waals surface area contributed by atoms with E-state index in [1.165, 1.54) is 12.1 Å². The van der Waals surface area contributed by atoms with E-state index in [1.807, 2.05) is 37.3 Å². The van der Waals surface area contributed by atoms with Crippen LogP contribution in [0.5, 0.6) is 5.75 Å². The number of rotatable bonds is 5. The van der Waals surface area contributed by atoms with Gasteiger partial charge in [0.2, 0.25) is 0 Å². The molecule has 2 aromatic carbocycles. The zero-order valence-corrected chi connectivity index (χ0v) is 11.5. The zero-order chi connectivity index (χ0) is 15.3. The summed E-state index contributed by atoms with van der Waals surface area (Å²) in [5.41, 5.74) is 0.297. The zero-order valence-electron chi connectivity index (χ0n) is 11.5. The Morgan fingerprint density at radius 3 is 2.19 bits per heavy atom. The fourth-order valence-electron chi connectivity index (χ4n) is 1.81. The molecular formula is C16H16F3NO. The van der Waals surface area contributed by atoms with Crippen LogP contribution in [0.3, 0.4) is 0 Å². The van der Waals surface area contributed by atoms with E-state index in [0.29, 0.717) is 12.3 Å². The molecule has 0 aromatic heterocycles. The molecule has 0 aliphatic heterocycles. The number of nitrogens with one attached hydrogen (secondary N) is 1. The summed E-state index contributed by atoms with van der Waals surface area (Å²) in [6.07, 6.45) is -4.49. The highest BCUT2D eigenvalue weighted by atomic mass is 19.4. The minimum atomic E-state index is -4.32. The van der Waals surface area contributed by atoms with Gasteiger partial charge >= 0.3 is 6.18 Å². The highest BCUT2D eigenvalue weighted by Gasteiger charge is 2.30. The van der Waals surface area contributed by atoms with Gasteiger partial charge in [0, 0.05) is 5.69 Å². The molecule has 0 saturated carbocycles. The molecule has 1 unspecified atom stereocenters.